The maximum atomic E-state index is 13.0. The summed E-state index contributed by atoms with van der Waals surface area (Å²) in [5.74, 6) is -3.02. The summed E-state index contributed by atoms with van der Waals surface area (Å²) in [6.45, 7) is 4.27. The molecule has 0 spiro atoms. The Morgan fingerprint density at radius 3 is 2.00 bits per heavy atom. The van der Waals surface area contributed by atoms with Gasteiger partial charge in [-0.05, 0) is 60.5 Å². The highest BCUT2D eigenvalue weighted by molar-refractivity contribution is 6.22. The zero-order valence-corrected chi connectivity index (χ0v) is 23.7. The first-order valence-corrected chi connectivity index (χ1v) is 13.4. The van der Waals surface area contributed by atoms with Crippen LogP contribution in [0.4, 0.5) is 5.69 Å². The predicted octanol–water partition coefficient (Wildman–Crippen LogP) is 3.50. The summed E-state index contributed by atoms with van der Waals surface area (Å²) < 4.78 is 10.2. The quantitative estimate of drug-likeness (QED) is 0.160. The van der Waals surface area contributed by atoms with E-state index in [0.29, 0.717) is 22.6 Å². The van der Waals surface area contributed by atoms with Crippen LogP contribution >= 0.6 is 0 Å². The minimum atomic E-state index is -1.19. The van der Waals surface area contributed by atoms with Crippen molar-refractivity contribution in [3.05, 3.63) is 101 Å². The summed E-state index contributed by atoms with van der Waals surface area (Å²) in [5.41, 5.74) is 2.00. The molecule has 0 aliphatic carbocycles. The number of nitrogens with one attached hydrogen (secondary N) is 2. The third-order valence-electron chi connectivity index (χ3n) is 6.34. The van der Waals surface area contributed by atoms with Crippen LogP contribution in [0.5, 0.6) is 5.75 Å². The molecule has 0 saturated heterocycles. The first kappa shape index (κ1) is 30.4. The summed E-state index contributed by atoms with van der Waals surface area (Å²) in [4.78, 5) is 75.9. The van der Waals surface area contributed by atoms with Gasteiger partial charge in [0.25, 0.3) is 17.7 Å². The zero-order chi connectivity index (χ0) is 31.1. The first-order valence-electron chi connectivity index (χ1n) is 13.4. The smallest absolute Gasteiger partial charge is 0.329 e. The number of hydrogen-bond donors (Lipinski definition) is 2. The minimum absolute atomic E-state index is 0.00108. The molecular formula is C32H29N3O8. The van der Waals surface area contributed by atoms with Crippen molar-refractivity contribution in [3.63, 3.8) is 0 Å². The van der Waals surface area contributed by atoms with Gasteiger partial charge in [-0.25, -0.2) is 4.79 Å². The van der Waals surface area contributed by atoms with Crippen LogP contribution < -0.4 is 15.4 Å². The summed E-state index contributed by atoms with van der Waals surface area (Å²) in [5, 5.41) is 5.22. The van der Waals surface area contributed by atoms with Crippen molar-refractivity contribution in [1.82, 2.24) is 10.2 Å². The van der Waals surface area contributed by atoms with Crippen molar-refractivity contribution in [2.24, 2.45) is 0 Å². The molecule has 3 aromatic rings. The Morgan fingerprint density at radius 2 is 1.47 bits per heavy atom. The Balaban J connectivity index is 1.50. The molecule has 1 aliphatic heterocycles. The average molecular weight is 584 g/mol. The molecule has 1 aliphatic rings. The minimum Gasteiger partial charge on any atom is -0.464 e. The van der Waals surface area contributed by atoms with Gasteiger partial charge in [-0.15, -0.1) is 0 Å². The molecule has 2 N–H and O–H groups in total. The molecule has 0 radical (unpaired) electrons. The number of carbonyl (C=O) groups excluding carboxylic acids is 6. The van der Waals surface area contributed by atoms with Crippen molar-refractivity contribution in [2.75, 3.05) is 11.9 Å². The van der Waals surface area contributed by atoms with E-state index in [2.05, 4.69) is 10.6 Å². The fourth-order valence-electron chi connectivity index (χ4n) is 4.47. The highest BCUT2D eigenvalue weighted by Crippen LogP contribution is 2.27. The summed E-state index contributed by atoms with van der Waals surface area (Å²) in [7, 11) is 0. The third-order valence-corrected chi connectivity index (χ3v) is 6.34. The molecule has 4 rings (SSSR count). The number of anilines is 1. The monoisotopic (exact) mass is 583 g/mol. The van der Waals surface area contributed by atoms with Crippen molar-refractivity contribution in [3.8, 4) is 5.75 Å². The zero-order valence-electron chi connectivity index (χ0n) is 23.7. The van der Waals surface area contributed by atoms with Gasteiger partial charge in [0.2, 0.25) is 5.91 Å². The topological polar surface area (TPSA) is 148 Å². The number of esters is 2. The van der Waals surface area contributed by atoms with Crippen LogP contribution in [0, 0.1) is 0 Å². The number of hydrogen-bond acceptors (Lipinski definition) is 8. The van der Waals surface area contributed by atoms with E-state index < -0.39 is 41.6 Å². The van der Waals surface area contributed by atoms with Crippen LogP contribution in [0.25, 0.3) is 6.08 Å². The number of carbonyl (C=O) groups is 6. The number of nitrogens with zero attached hydrogens (tertiary/aromatic N) is 1. The molecular weight excluding hydrogens is 554 g/mol. The van der Waals surface area contributed by atoms with Gasteiger partial charge in [-0.1, -0.05) is 36.4 Å². The highest BCUT2D eigenvalue weighted by atomic mass is 16.5. The maximum Gasteiger partial charge on any atom is 0.329 e. The number of ether oxygens (including phenoxy) is 2. The number of fused-ring (bicyclic) bond motifs is 1. The molecule has 1 atom stereocenters. The Bertz CT molecular complexity index is 1580. The average Bonchev–Trinajstić information content (AvgIpc) is 3.22. The third kappa shape index (κ3) is 7.39. The van der Waals surface area contributed by atoms with Gasteiger partial charge >= 0.3 is 11.9 Å². The van der Waals surface area contributed by atoms with E-state index in [1.54, 1.807) is 67.6 Å². The molecule has 0 fully saturated rings. The lowest BCUT2D eigenvalue weighted by molar-refractivity contribution is -0.147. The predicted molar refractivity (Wildman–Crippen MR) is 156 cm³/mol. The van der Waals surface area contributed by atoms with Gasteiger partial charge in [0.05, 0.1) is 17.7 Å². The molecule has 11 heteroatoms. The van der Waals surface area contributed by atoms with Gasteiger partial charge < -0.3 is 20.1 Å². The highest BCUT2D eigenvalue weighted by Gasteiger charge is 2.43. The van der Waals surface area contributed by atoms with Crippen LogP contribution in [0.2, 0.25) is 0 Å². The van der Waals surface area contributed by atoms with E-state index in [1.165, 1.54) is 32.1 Å². The van der Waals surface area contributed by atoms with Crippen LogP contribution in [0.15, 0.2) is 78.5 Å². The van der Waals surface area contributed by atoms with Crippen molar-refractivity contribution >= 4 is 47.3 Å². The molecule has 4 amide bonds. The van der Waals surface area contributed by atoms with Gasteiger partial charge in [0, 0.05) is 26.0 Å². The van der Waals surface area contributed by atoms with Crippen molar-refractivity contribution in [2.45, 2.75) is 33.2 Å². The maximum absolute atomic E-state index is 13.0. The van der Waals surface area contributed by atoms with Gasteiger partial charge in [0.1, 0.15) is 17.5 Å². The number of amides is 4. The van der Waals surface area contributed by atoms with E-state index >= 15 is 0 Å². The fraction of sp³-hybridized carbons (Fsp3) is 0.188. The Morgan fingerprint density at radius 1 is 0.860 bits per heavy atom. The van der Waals surface area contributed by atoms with Gasteiger partial charge in [0.15, 0.2) is 0 Å². The number of benzene rings is 3. The molecule has 1 unspecified atom stereocenters. The fourth-order valence-corrected chi connectivity index (χ4v) is 4.47. The Hall–Kier alpha value is -5.58. The summed E-state index contributed by atoms with van der Waals surface area (Å²) in [6.07, 6.45) is 1.47. The van der Waals surface area contributed by atoms with Crippen LogP contribution in [0.3, 0.4) is 0 Å². The lowest BCUT2D eigenvalue weighted by Gasteiger charge is -2.24. The first-order chi connectivity index (χ1) is 20.6. The van der Waals surface area contributed by atoms with E-state index in [4.69, 9.17) is 9.47 Å². The van der Waals surface area contributed by atoms with Gasteiger partial charge in [-0.2, -0.15) is 0 Å². The molecule has 1 heterocycles. The molecule has 220 valence electrons. The lowest BCUT2D eigenvalue weighted by Crippen LogP contribution is -2.47. The van der Waals surface area contributed by atoms with E-state index in [0.717, 1.165) is 4.90 Å². The molecule has 43 heavy (non-hydrogen) atoms. The normalized spacial score (nSPS) is 13.2. The van der Waals surface area contributed by atoms with Crippen LogP contribution in [-0.4, -0.2) is 53.1 Å². The standard InChI is InChI=1S/C32H29N3O8/c1-4-42-32(41)28(35-30(39)25-7-5-6-8-26(25)31(35)40)18-22-9-13-23(14-10-22)34-29(38)27(33-19(2)36)17-21-11-15-24(16-12-21)43-20(3)37/h5-17,28H,4,18H2,1-3H3,(H,33,36)(H,34,38)/b27-17+. The SMILES string of the molecule is CCOC(=O)C(Cc1ccc(NC(=O)/C(=C\c2ccc(OC(C)=O)cc2)NC(C)=O)cc1)N1C(=O)c2ccccc2C1=O. The summed E-state index contributed by atoms with van der Waals surface area (Å²) in [6, 6.07) is 18.0. The van der Waals surface area contributed by atoms with Crippen molar-refractivity contribution < 1.29 is 38.2 Å². The lowest BCUT2D eigenvalue weighted by atomic mass is 10.0. The molecule has 3 aromatic carbocycles. The Labute approximate surface area is 247 Å². The van der Waals surface area contributed by atoms with E-state index in [-0.39, 0.29) is 29.9 Å². The second-order valence-electron chi connectivity index (χ2n) is 9.55. The summed E-state index contributed by atoms with van der Waals surface area (Å²) >= 11 is 0. The van der Waals surface area contributed by atoms with Gasteiger partial charge in [-0.3, -0.25) is 28.9 Å². The number of rotatable bonds is 10. The molecule has 0 saturated carbocycles. The molecule has 0 aromatic heterocycles. The second-order valence-corrected chi connectivity index (χ2v) is 9.55. The number of imide groups is 1. The molecule has 0 bridgehead atoms. The van der Waals surface area contributed by atoms with Crippen molar-refractivity contribution in [1.29, 1.82) is 0 Å². The largest absolute Gasteiger partial charge is 0.464 e. The van der Waals surface area contributed by atoms with Crippen LogP contribution in [0.1, 0.15) is 52.6 Å². The van der Waals surface area contributed by atoms with Crippen LogP contribution in [-0.2, 0) is 30.3 Å². The Kier molecular flexibility index (Phi) is 9.46. The van der Waals surface area contributed by atoms with E-state index in [9.17, 15) is 28.8 Å². The molecule has 11 nitrogen and oxygen atoms in total. The van der Waals surface area contributed by atoms with E-state index in [1.807, 2.05) is 0 Å². The second kappa shape index (κ2) is 13.4.